The van der Waals surface area contributed by atoms with Crippen LogP contribution in [-0.2, 0) is 9.53 Å². The molecule has 0 saturated heterocycles. The summed E-state index contributed by atoms with van der Waals surface area (Å²) in [5.41, 5.74) is 0.118. The SMILES string of the molecule is C=CCNc1nc(C(=O)O[C@@H](C)C(=O)Nc2ccccc2F)cs1. The summed E-state index contributed by atoms with van der Waals surface area (Å²) >= 11 is 1.24. The summed E-state index contributed by atoms with van der Waals surface area (Å²) in [4.78, 5) is 28.0. The van der Waals surface area contributed by atoms with Crippen molar-refractivity contribution in [3.8, 4) is 0 Å². The number of carbonyl (C=O) groups excluding carboxylic acids is 2. The predicted molar refractivity (Wildman–Crippen MR) is 90.7 cm³/mol. The third-order valence-corrected chi connectivity index (χ3v) is 3.70. The van der Waals surface area contributed by atoms with E-state index in [0.717, 1.165) is 0 Å². The summed E-state index contributed by atoms with van der Waals surface area (Å²) in [7, 11) is 0. The molecule has 0 aliphatic heterocycles. The second kappa shape index (κ2) is 8.21. The minimum Gasteiger partial charge on any atom is -0.448 e. The zero-order valence-corrected chi connectivity index (χ0v) is 13.7. The molecule has 0 spiro atoms. The Morgan fingerprint density at radius 2 is 2.21 bits per heavy atom. The van der Waals surface area contributed by atoms with Crippen LogP contribution in [0.1, 0.15) is 17.4 Å². The average molecular weight is 349 g/mol. The second-order valence-electron chi connectivity index (χ2n) is 4.72. The van der Waals surface area contributed by atoms with E-state index in [-0.39, 0.29) is 11.4 Å². The molecule has 2 aromatic rings. The first-order chi connectivity index (χ1) is 11.5. The van der Waals surface area contributed by atoms with Gasteiger partial charge in [0.2, 0.25) is 0 Å². The van der Waals surface area contributed by atoms with E-state index in [1.54, 1.807) is 12.1 Å². The number of esters is 1. The Bertz CT molecular complexity index is 748. The number of rotatable bonds is 7. The predicted octanol–water partition coefficient (Wildman–Crippen LogP) is 3.06. The fourth-order valence-corrected chi connectivity index (χ4v) is 2.37. The van der Waals surface area contributed by atoms with Gasteiger partial charge in [0.15, 0.2) is 16.9 Å². The maximum atomic E-state index is 13.5. The van der Waals surface area contributed by atoms with Crippen LogP contribution in [-0.4, -0.2) is 29.5 Å². The number of hydrogen-bond acceptors (Lipinski definition) is 6. The van der Waals surface area contributed by atoms with E-state index < -0.39 is 23.8 Å². The quantitative estimate of drug-likeness (QED) is 0.593. The lowest BCUT2D eigenvalue weighted by Crippen LogP contribution is -2.30. The first-order valence-electron chi connectivity index (χ1n) is 7.08. The van der Waals surface area contributed by atoms with Gasteiger partial charge in [-0.15, -0.1) is 17.9 Å². The number of aromatic nitrogens is 1. The lowest BCUT2D eigenvalue weighted by atomic mass is 10.3. The number of anilines is 2. The van der Waals surface area contributed by atoms with Crippen molar-refractivity contribution in [2.45, 2.75) is 13.0 Å². The van der Waals surface area contributed by atoms with Crippen LogP contribution in [0.3, 0.4) is 0 Å². The topological polar surface area (TPSA) is 80.3 Å². The van der Waals surface area contributed by atoms with E-state index in [0.29, 0.717) is 11.7 Å². The molecular formula is C16H16FN3O3S. The van der Waals surface area contributed by atoms with Crippen LogP contribution in [0.2, 0.25) is 0 Å². The molecule has 24 heavy (non-hydrogen) atoms. The number of carbonyl (C=O) groups is 2. The molecule has 1 heterocycles. The number of thiazole rings is 1. The summed E-state index contributed by atoms with van der Waals surface area (Å²) in [6, 6.07) is 5.73. The van der Waals surface area contributed by atoms with Crippen LogP contribution in [0.5, 0.6) is 0 Å². The van der Waals surface area contributed by atoms with Gasteiger partial charge in [0, 0.05) is 11.9 Å². The molecule has 1 aromatic heterocycles. The van der Waals surface area contributed by atoms with Crippen molar-refractivity contribution >= 4 is 34.0 Å². The van der Waals surface area contributed by atoms with Gasteiger partial charge >= 0.3 is 5.97 Å². The highest BCUT2D eigenvalue weighted by Gasteiger charge is 2.21. The average Bonchev–Trinajstić information content (AvgIpc) is 3.04. The van der Waals surface area contributed by atoms with Gasteiger partial charge in [-0.1, -0.05) is 18.2 Å². The summed E-state index contributed by atoms with van der Waals surface area (Å²) in [5, 5.41) is 7.38. The van der Waals surface area contributed by atoms with Crippen molar-refractivity contribution in [1.29, 1.82) is 0 Å². The van der Waals surface area contributed by atoms with Gasteiger partial charge in [-0.05, 0) is 19.1 Å². The molecule has 0 aliphatic rings. The Morgan fingerprint density at radius 1 is 1.46 bits per heavy atom. The number of halogens is 1. The molecule has 0 saturated carbocycles. The Hall–Kier alpha value is -2.74. The molecule has 1 amide bonds. The molecule has 2 rings (SSSR count). The van der Waals surface area contributed by atoms with E-state index in [1.165, 1.54) is 41.8 Å². The van der Waals surface area contributed by atoms with E-state index in [4.69, 9.17) is 4.74 Å². The van der Waals surface area contributed by atoms with Crippen molar-refractivity contribution < 1.29 is 18.7 Å². The van der Waals surface area contributed by atoms with Crippen molar-refractivity contribution in [2.75, 3.05) is 17.2 Å². The Labute approximate surface area is 142 Å². The number of benzene rings is 1. The summed E-state index contributed by atoms with van der Waals surface area (Å²) in [6.45, 7) is 5.49. The molecule has 0 fully saturated rings. The van der Waals surface area contributed by atoms with Crippen LogP contribution < -0.4 is 10.6 Å². The summed E-state index contributed by atoms with van der Waals surface area (Å²) in [6.07, 6.45) is 0.567. The molecule has 1 aromatic carbocycles. The first kappa shape index (κ1) is 17.6. The van der Waals surface area contributed by atoms with E-state index >= 15 is 0 Å². The third kappa shape index (κ3) is 4.63. The van der Waals surface area contributed by atoms with Gasteiger partial charge in [0.05, 0.1) is 5.69 Å². The fraction of sp³-hybridized carbons (Fsp3) is 0.188. The number of ether oxygens (including phenoxy) is 1. The molecule has 126 valence electrons. The highest BCUT2D eigenvalue weighted by Crippen LogP contribution is 2.17. The lowest BCUT2D eigenvalue weighted by molar-refractivity contribution is -0.123. The molecule has 6 nitrogen and oxygen atoms in total. The van der Waals surface area contributed by atoms with Crippen molar-refractivity contribution in [3.63, 3.8) is 0 Å². The fourth-order valence-electron chi connectivity index (χ4n) is 1.68. The largest absolute Gasteiger partial charge is 0.448 e. The third-order valence-electron chi connectivity index (χ3n) is 2.90. The molecule has 0 bridgehead atoms. The van der Waals surface area contributed by atoms with Crippen molar-refractivity contribution in [1.82, 2.24) is 4.98 Å². The summed E-state index contributed by atoms with van der Waals surface area (Å²) in [5.74, 6) is -1.93. The monoisotopic (exact) mass is 349 g/mol. The van der Waals surface area contributed by atoms with E-state index in [9.17, 15) is 14.0 Å². The highest BCUT2D eigenvalue weighted by molar-refractivity contribution is 7.13. The molecule has 0 unspecified atom stereocenters. The second-order valence-corrected chi connectivity index (χ2v) is 5.58. The van der Waals surface area contributed by atoms with Crippen LogP contribution in [0, 0.1) is 5.82 Å². The Kier molecular flexibility index (Phi) is 6.02. The number of hydrogen-bond donors (Lipinski definition) is 2. The minimum absolute atomic E-state index is 0.0231. The first-order valence-corrected chi connectivity index (χ1v) is 7.96. The Morgan fingerprint density at radius 3 is 2.92 bits per heavy atom. The maximum Gasteiger partial charge on any atom is 0.358 e. The molecular weight excluding hydrogens is 333 g/mol. The zero-order chi connectivity index (χ0) is 17.5. The van der Waals surface area contributed by atoms with Crippen LogP contribution >= 0.6 is 11.3 Å². The standard InChI is InChI=1S/C16H16FN3O3S/c1-3-8-18-16-20-13(9-24-16)15(22)23-10(2)14(21)19-12-7-5-4-6-11(12)17/h3-7,9-10H,1,8H2,2H3,(H,18,20)(H,19,21)/t10-/m0/s1. The molecule has 0 aliphatic carbocycles. The van der Waals surface area contributed by atoms with Gasteiger partial charge in [0.25, 0.3) is 5.91 Å². The van der Waals surface area contributed by atoms with Crippen molar-refractivity contribution in [2.24, 2.45) is 0 Å². The summed E-state index contributed by atoms with van der Waals surface area (Å²) < 4.78 is 18.6. The maximum absolute atomic E-state index is 13.5. The van der Waals surface area contributed by atoms with Crippen LogP contribution in [0.4, 0.5) is 15.2 Å². The van der Waals surface area contributed by atoms with Crippen molar-refractivity contribution in [3.05, 3.63) is 53.8 Å². The molecule has 8 heteroatoms. The van der Waals surface area contributed by atoms with Gasteiger partial charge in [-0.3, -0.25) is 4.79 Å². The Balaban J connectivity index is 1.93. The van der Waals surface area contributed by atoms with Gasteiger partial charge in [-0.2, -0.15) is 0 Å². The lowest BCUT2D eigenvalue weighted by Gasteiger charge is -2.13. The number of amides is 1. The normalized spacial score (nSPS) is 11.4. The van der Waals surface area contributed by atoms with Crippen LogP contribution in [0.25, 0.3) is 0 Å². The zero-order valence-electron chi connectivity index (χ0n) is 12.9. The minimum atomic E-state index is -1.09. The molecule has 2 N–H and O–H groups in total. The van der Waals surface area contributed by atoms with Gasteiger partial charge in [0.1, 0.15) is 5.82 Å². The van der Waals surface area contributed by atoms with E-state index in [1.807, 2.05) is 0 Å². The molecule has 0 radical (unpaired) electrons. The van der Waals surface area contributed by atoms with Gasteiger partial charge in [-0.25, -0.2) is 14.2 Å². The highest BCUT2D eigenvalue weighted by atomic mass is 32.1. The number of nitrogens with zero attached hydrogens (tertiary/aromatic N) is 1. The van der Waals surface area contributed by atoms with Crippen LogP contribution in [0.15, 0.2) is 42.3 Å². The van der Waals surface area contributed by atoms with E-state index in [2.05, 4.69) is 22.2 Å². The number of nitrogens with one attached hydrogen (secondary N) is 2. The molecule has 1 atom stereocenters. The number of para-hydroxylation sites is 1. The van der Waals surface area contributed by atoms with Gasteiger partial charge < -0.3 is 15.4 Å². The smallest absolute Gasteiger partial charge is 0.358 e.